The van der Waals surface area contributed by atoms with Crippen molar-refractivity contribution in [1.29, 1.82) is 0 Å². The lowest BCUT2D eigenvalue weighted by atomic mass is 9.71. The highest BCUT2D eigenvalue weighted by atomic mass is 32.2. The van der Waals surface area contributed by atoms with Crippen LogP contribution in [0.2, 0.25) is 0 Å². The number of carbonyl (C=O) groups excluding carboxylic acids is 2. The van der Waals surface area contributed by atoms with Crippen molar-refractivity contribution in [3.8, 4) is 0 Å². The minimum absolute atomic E-state index is 0.177. The van der Waals surface area contributed by atoms with Gasteiger partial charge in [-0.25, -0.2) is 0 Å². The van der Waals surface area contributed by atoms with Crippen LogP contribution in [0.1, 0.15) is 40.0 Å². The normalized spacial score (nSPS) is 29.2. The molecule has 2 bridgehead atoms. The van der Waals surface area contributed by atoms with Gasteiger partial charge in [-0.1, -0.05) is 13.0 Å². The van der Waals surface area contributed by atoms with Crippen molar-refractivity contribution in [3.05, 3.63) is 36.9 Å². The molecule has 3 heterocycles. The van der Waals surface area contributed by atoms with Gasteiger partial charge >= 0.3 is 5.97 Å². The molecule has 0 aromatic heterocycles. The first kappa shape index (κ1) is 26.5. The summed E-state index contributed by atoms with van der Waals surface area (Å²) in [6.07, 6.45) is 3.41. The molecular weight excluding hydrogens is 478 g/mol. The molecule has 1 aromatic rings. The number of fused-ring (bicyclic) bond motifs is 1. The van der Waals surface area contributed by atoms with E-state index in [4.69, 9.17) is 0 Å². The summed E-state index contributed by atoms with van der Waals surface area (Å²) in [4.78, 5) is 45.8. The van der Waals surface area contributed by atoms with Gasteiger partial charge in [0.1, 0.15) is 6.04 Å². The number of aliphatic hydroxyl groups is 1. The average molecular weight is 516 g/mol. The standard InChI is InChI=1S/C27H37N3O5S/c1-5-15-29(19-11-9-18(10-12-19)28(7-3)8-4)25(33)23-27-14-13-20(36-27)21(26(34)35)22(27)24(32)30(23)17(6-2)16-31/h5,9-12,17,20-23,31H,1,6-8,13-16H2,2-4H3,(H,34,35)/t17-,20-,21+,22-,23?,27?/m0/s1. The third-order valence-electron chi connectivity index (χ3n) is 8.20. The molecular formula is C27H37N3O5S. The lowest BCUT2D eigenvalue weighted by molar-refractivity contribution is -0.149. The Bertz CT molecular complexity index is 1010. The first-order chi connectivity index (χ1) is 17.3. The predicted molar refractivity (Wildman–Crippen MR) is 142 cm³/mol. The number of aliphatic carboxylic acids is 1. The van der Waals surface area contributed by atoms with Crippen LogP contribution in [0.4, 0.5) is 11.4 Å². The third-order valence-corrected chi connectivity index (χ3v) is 10.2. The van der Waals surface area contributed by atoms with Crippen molar-refractivity contribution in [2.75, 3.05) is 36.0 Å². The van der Waals surface area contributed by atoms with Crippen LogP contribution in [0.25, 0.3) is 0 Å². The molecule has 6 atom stereocenters. The van der Waals surface area contributed by atoms with Gasteiger partial charge in [-0.2, -0.15) is 0 Å². The highest BCUT2D eigenvalue weighted by Gasteiger charge is 2.74. The van der Waals surface area contributed by atoms with Crippen LogP contribution in [-0.2, 0) is 14.4 Å². The fraction of sp³-hybridized carbons (Fsp3) is 0.593. The molecule has 2 N–H and O–H groups in total. The van der Waals surface area contributed by atoms with Gasteiger partial charge in [-0.15, -0.1) is 18.3 Å². The number of amides is 2. The molecule has 2 unspecified atom stereocenters. The molecule has 3 aliphatic rings. The van der Waals surface area contributed by atoms with Crippen LogP contribution in [0, 0.1) is 11.8 Å². The number of anilines is 2. The monoisotopic (exact) mass is 515 g/mol. The smallest absolute Gasteiger partial charge is 0.308 e. The van der Waals surface area contributed by atoms with E-state index < -0.39 is 34.6 Å². The number of carboxylic acid groups (broad SMARTS) is 1. The minimum atomic E-state index is -0.979. The van der Waals surface area contributed by atoms with Crippen LogP contribution in [0.5, 0.6) is 0 Å². The number of rotatable bonds is 11. The van der Waals surface area contributed by atoms with E-state index in [1.54, 1.807) is 11.0 Å². The maximum Gasteiger partial charge on any atom is 0.308 e. The summed E-state index contributed by atoms with van der Waals surface area (Å²) in [6, 6.07) is 6.42. The highest BCUT2D eigenvalue weighted by molar-refractivity contribution is 8.02. The summed E-state index contributed by atoms with van der Waals surface area (Å²) in [5.74, 6) is -3.11. The Hall–Kier alpha value is -2.52. The van der Waals surface area contributed by atoms with Crippen molar-refractivity contribution >= 4 is 40.9 Å². The molecule has 3 saturated heterocycles. The van der Waals surface area contributed by atoms with Crippen LogP contribution in [0.3, 0.4) is 0 Å². The zero-order valence-corrected chi connectivity index (χ0v) is 22.1. The van der Waals surface area contributed by atoms with Gasteiger partial charge in [0.05, 0.1) is 29.2 Å². The molecule has 36 heavy (non-hydrogen) atoms. The van der Waals surface area contributed by atoms with E-state index in [-0.39, 0.29) is 30.2 Å². The second-order valence-electron chi connectivity index (χ2n) is 9.81. The number of carbonyl (C=O) groups is 3. The average Bonchev–Trinajstić information content (AvgIpc) is 3.52. The molecule has 2 amide bonds. The van der Waals surface area contributed by atoms with Crippen LogP contribution in [-0.4, -0.2) is 81.2 Å². The van der Waals surface area contributed by atoms with Gasteiger partial charge in [0.15, 0.2) is 0 Å². The van der Waals surface area contributed by atoms with Crippen molar-refractivity contribution in [2.24, 2.45) is 11.8 Å². The Balaban J connectivity index is 1.76. The van der Waals surface area contributed by atoms with Crippen LogP contribution >= 0.6 is 11.8 Å². The number of hydrogen-bond acceptors (Lipinski definition) is 6. The van der Waals surface area contributed by atoms with Gasteiger partial charge in [0, 0.05) is 36.3 Å². The molecule has 1 spiro atoms. The summed E-state index contributed by atoms with van der Waals surface area (Å²) in [7, 11) is 0. The Morgan fingerprint density at radius 3 is 2.39 bits per heavy atom. The first-order valence-electron chi connectivity index (χ1n) is 12.9. The molecule has 0 aliphatic carbocycles. The molecule has 1 aromatic carbocycles. The maximum absolute atomic E-state index is 14.4. The summed E-state index contributed by atoms with van der Waals surface area (Å²) in [5.41, 5.74) is 1.76. The minimum Gasteiger partial charge on any atom is -0.481 e. The Labute approximate surface area is 217 Å². The van der Waals surface area contributed by atoms with Gasteiger partial charge in [0.2, 0.25) is 5.91 Å². The molecule has 9 heteroatoms. The van der Waals surface area contributed by atoms with Crippen LogP contribution < -0.4 is 9.80 Å². The van der Waals surface area contributed by atoms with E-state index in [0.717, 1.165) is 18.8 Å². The molecule has 3 aliphatic heterocycles. The quantitative estimate of drug-likeness (QED) is 0.437. The zero-order valence-electron chi connectivity index (χ0n) is 21.3. The van der Waals surface area contributed by atoms with Crippen molar-refractivity contribution in [2.45, 2.75) is 62.1 Å². The third kappa shape index (κ3) is 4.00. The lowest BCUT2D eigenvalue weighted by Gasteiger charge is -2.39. The van der Waals surface area contributed by atoms with E-state index in [2.05, 4.69) is 25.3 Å². The lowest BCUT2D eigenvalue weighted by Crippen LogP contribution is -2.57. The summed E-state index contributed by atoms with van der Waals surface area (Å²) < 4.78 is -0.801. The number of carboxylic acids is 1. The summed E-state index contributed by atoms with van der Waals surface area (Å²) >= 11 is 1.51. The number of nitrogens with zero attached hydrogens (tertiary/aromatic N) is 3. The number of thioether (sulfide) groups is 1. The van der Waals surface area contributed by atoms with Crippen LogP contribution in [0.15, 0.2) is 36.9 Å². The highest BCUT2D eigenvalue weighted by Crippen LogP contribution is 2.66. The summed E-state index contributed by atoms with van der Waals surface area (Å²) in [6.45, 7) is 11.6. The van der Waals surface area contributed by atoms with E-state index in [0.29, 0.717) is 24.9 Å². The Morgan fingerprint density at radius 1 is 1.22 bits per heavy atom. The van der Waals surface area contributed by atoms with Gasteiger partial charge in [0.25, 0.3) is 5.91 Å². The van der Waals surface area contributed by atoms with Crippen molar-refractivity contribution < 1.29 is 24.6 Å². The van der Waals surface area contributed by atoms with E-state index >= 15 is 0 Å². The van der Waals surface area contributed by atoms with Gasteiger partial charge in [-0.3, -0.25) is 14.4 Å². The number of benzene rings is 1. The van der Waals surface area contributed by atoms with Gasteiger partial charge in [-0.05, 0) is 57.4 Å². The van der Waals surface area contributed by atoms with E-state index in [1.807, 2.05) is 31.2 Å². The molecule has 0 saturated carbocycles. The Kier molecular flexibility index (Phi) is 7.71. The van der Waals surface area contributed by atoms with E-state index in [1.165, 1.54) is 16.7 Å². The molecule has 3 fully saturated rings. The molecule has 0 radical (unpaired) electrons. The predicted octanol–water partition coefficient (Wildman–Crippen LogP) is 3.00. The second-order valence-corrected chi connectivity index (χ2v) is 11.4. The fourth-order valence-electron chi connectivity index (χ4n) is 6.49. The van der Waals surface area contributed by atoms with Gasteiger partial charge < -0.3 is 24.9 Å². The summed E-state index contributed by atoms with van der Waals surface area (Å²) in [5, 5.41) is 20.0. The SMILES string of the molecule is C=CCN(C(=O)C1N([C@@H](CC)CO)C(=O)[C@@H]2[C@H](C(=O)O)[C@@H]3CCC12S3)c1ccc(N(CC)CC)cc1. The number of aliphatic hydroxyl groups excluding tert-OH is 1. The van der Waals surface area contributed by atoms with Crippen molar-refractivity contribution in [1.82, 2.24) is 4.90 Å². The topological polar surface area (TPSA) is 101 Å². The zero-order chi connectivity index (χ0) is 26.2. The molecule has 196 valence electrons. The second kappa shape index (κ2) is 10.5. The maximum atomic E-state index is 14.4. The first-order valence-corrected chi connectivity index (χ1v) is 13.8. The number of hydrogen-bond donors (Lipinski definition) is 2. The fourth-order valence-corrected chi connectivity index (χ4v) is 8.68. The largest absolute Gasteiger partial charge is 0.481 e. The van der Waals surface area contributed by atoms with Crippen molar-refractivity contribution in [3.63, 3.8) is 0 Å². The Morgan fingerprint density at radius 2 is 1.86 bits per heavy atom. The number of likely N-dealkylation sites (tertiary alicyclic amines) is 1. The van der Waals surface area contributed by atoms with E-state index in [9.17, 15) is 24.6 Å². The molecule has 8 nitrogen and oxygen atoms in total. The molecule has 4 rings (SSSR count).